The smallest absolute Gasteiger partial charge is 0.310 e. The number of rotatable bonds is 3. The fourth-order valence-electron chi connectivity index (χ4n) is 2.26. The van der Waals surface area contributed by atoms with Gasteiger partial charge < -0.3 is 9.47 Å². The van der Waals surface area contributed by atoms with Gasteiger partial charge in [-0.15, -0.1) is 0 Å². The molecule has 0 aliphatic heterocycles. The van der Waals surface area contributed by atoms with Crippen LogP contribution in [0.1, 0.15) is 11.5 Å². The van der Waals surface area contributed by atoms with Crippen molar-refractivity contribution in [2.45, 2.75) is 5.92 Å². The molecule has 0 spiro atoms. The number of hydrogen-bond donors (Lipinski definition) is 0. The SMILES string of the molecule is COC(=O)[C@H]1C(c2ccccc2)[C@@H]1C(=O)OC. The van der Waals surface area contributed by atoms with Crippen LogP contribution in [0.5, 0.6) is 0 Å². The van der Waals surface area contributed by atoms with Gasteiger partial charge in [-0.05, 0) is 5.56 Å². The fourth-order valence-corrected chi connectivity index (χ4v) is 2.26. The molecular formula is C13H14O4. The number of methoxy groups -OCH3 is 2. The summed E-state index contributed by atoms with van der Waals surface area (Å²) in [7, 11) is 2.66. The average molecular weight is 234 g/mol. The molecule has 1 aliphatic carbocycles. The topological polar surface area (TPSA) is 52.6 Å². The second-order valence-corrected chi connectivity index (χ2v) is 4.03. The van der Waals surface area contributed by atoms with Crippen LogP contribution in [-0.2, 0) is 19.1 Å². The molecule has 2 rings (SSSR count). The van der Waals surface area contributed by atoms with Crippen molar-refractivity contribution in [1.82, 2.24) is 0 Å². The molecule has 17 heavy (non-hydrogen) atoms. The highest BCUT2D eigenvalue weighted by Crippen LogP contribution is 2.55. The Balaban J connectivity index is 2.22. The summed E-state index contributed by atoms with van der Waals surface area (Å²) in [6.07, 6.45) is 0. The molecule has 0 N–H and O–H groups in total. The summed E-state index contributed by atoms with van der Waals surface area (Å²) in [6.45, 7) is 0. The van der Waals surface area contributed by atoms with Crippen LogP contribution >= 0.6 is 0 Å². The summed E-state index contributed by atoms with van der Waals surface area (Å²) in [4.78, 5) is 23.1. The first kappa shape index (κ1) is 11.6. The van der Waals surface area contributed by atoms with E-state index in [1.807, 2.05) is 30.3 Å². The number of ether oxygens (including phenoxy) is 2. The van der Waals surface area contributed by atoms with Crippen molar-refractivity contribution < 1.29 is 19.1 Å². The largest absolute Gasteiger partial charge is 0.469 e. The minimum atomic E-state index is -0.408. The third-order valence-electron chi connectivity index (χ3n) is 3.15. The van der Waals surface area contributed by atoms with Crippen LogP contribution in [-0.4, -0.2) is 26.2 Å². The molecule has 0 radical (unpaired) electrons. The Bertz CT molecular complexity index is 404. The standard InChI is InChI=1S/C13H14O4/c1-16-12(14)10-9(11(10)13(15)17-2)8-6-4-3-5-7-8/h3-7,9-11H,1-2H3/t10-,11-/m0/s1. The Labute approximate surface area is 99.5 Å². The van der Waals surface area contributed by atoms with Crippen LogP contribution in [0.4, 0.5) is 0 Å². The molecule has 1 fully saturated rings. The van der Waals surface area contributed by atoms with Crippen molar-refractivity contribution in [3.05, 3.63) is 35.9 Å². The predicted molar refractivity (Wildman–Crippen MR) is 60.2 cm³/mol. The molecule has 0 saturated heterocycles. The molecule has 0 bridgehead atoms. The third-order valence-corrected chi connectivity index (χ3v) is 3.15. The van der Waals surface area contributed by atoms with Gasteiger partial charge in [-0.2, -0.15) is 0 Å². The highest BCUT2D eigenvalue weighted by Gasteiger charge is 2.61. The molecule has 1 aromatic carbocycles. The van der Waals surface area contributed by atoms with E-state index >= 15 is 0 Å². The Morgan fingerprint density at radius 2 is 1.41 bits per heavy atom. The number of hydrogen-bond acceptors (Lipinski definition) is 4. The number of carbonyl (C=O) groups excluding carboxylic acids is 2. The van der Waals surface area contributed by atoms with E-state index < -0.39 is 11.8 Å². The van der Waals surface area contributed by atoms with E-state index in [9.17, 15) is 9.59 Å². The van der Waals surface area contributed by atoms with E-state index in [0.29, 0.717) is 0 Å². The van der Waals surface area contributed by atoms with E-state index in [1.165, 1.54) is 14.2 Å². The first-order valence-corrected chi connectivity index (χ1v) is 5.41. The van der Waals surface area contributed by atoms with Crippen LogP contribution < -0.4 is 0 Å². The number of carbonyl (C=O) groups is 2. The van der Waals surface area contributed by atoms with Gasteiger partial charge in [0.05, 0.1) is 26.1 Å². The highest BCUT2D eigenvalue weighted by atomic mass is 16.5. The quantitative estimate of drug-likeness (QED) is 0.741. The van der Waals surface area contributed by atoms with Crippen molar-refractivity contribution in [2.75, 3.05) is 14.2 Å². The highest BCUT2D eigenvalue weighted by molar-refractivity contribution is 5.90. The van der Waals surface area contributed by atoms with Gasteiger partial charge in [0, 0.05) is 5.92 Å². The second-order valence-electron chi connectivity index (χ2n) is 4.03. The lowest BCUT2D eigenvalue weighted by Crippen LogP contribution is -2.10. The molecule has 1 aromatic rings. The Morgan fingerprint density at radius 1 is 0.941 bits per heavy atom. The normalized spacial score (nSPS) is 26.1. The van der Waals surface area contributed by atoms with Crippen molar-refractivity contribution in [1.29, 1.82) is 0 Å². The van der Waals surface area contributed by atoms with Gasteiger partial charge in [-0.1, -0.05) is 30.3 Å². The average Bonchev–Trinajstić information content (AvgIpc) is 3.13. The lowest BCUT2D eigenvalue weighted by atomic mass is 10.1. The summed E-state index contributed by atoms with van der Waals surface area (Å²) in [5.74, 6) is -1.63. The van der Waals surface area contributed by atoms with Gasteiger partial charge in [0.25, 0.3) is 0 Å². The van der Waals surface area contributed by atoms with E-state index in [0.717, 1.165) is 5.56 Å². The van der Waals surface area contributed by atoms with Crippen molar-refractivity contribution in [2.24, 2.45) is 11.8 Å². The maximum absolute atomic E-state index is 11.6. The minimum absolute atomic E-state index is 0.115. The van der Waals surface area contributed by atoms with Crippen LogP contribution in [0.3, 0.4) is 0 Å². The molecule has 0 unspecified atom stereocenters. The first-order chi connectivity index (χ1) is 8.20. The van der Waals surface area contributed by atoms with Gasteiger partial charge in [0.2, 0.25) is 0 Å². The molecule has 1 aliphatic rings. The van der Waals surface area contributed by atoms with Crippen LogP contribution in [0.25, 0.3) is 0 Å². The summed E-state index contributed by atoms with van der Waals surface area (Å²) < 4.78 is 9.41. The van der Waals surface area contributed by atoms with Crippen LogP contribution in [0.15, 0.2) is 30.3 Å². The molecule has 1 saturated carbocycles. The van der Waals surface area contributed by atoms with E-state index in [2.05, 4.69) is 0 Å². The zero-order valence-electron chi connectivity index (χ0n) is 9.75. The molecule has 90 valence electrons. The lowest BCUT2D eigenvalue weighted by Gasteiger charge is -1.98. The third kappa shape index (κ3) is 2.02. The number of benzene rings is 1. The monoisotopic (exact) mass is 234 g/mol. The molecule has 0 amide bonds. The molecular weight excluding hydrogens is 220 g/mol. The van der Waals surface area contributed by atoms with Gasteiger partial charge in [0.1, 0.15) is 0 Å². The Kier molecular flexibility index (Phi) is 3.13. The van der Waals surface area contributed by atoms with E-state index in [-0.39, 0.29) is 17.9 Å². The Morgan fingerprint density at radius 3 is 1.82 bits per heavy atom. The predicted octanol–water partition coefficient (Wildman–Crippen LogP) is 1.36. The van der Waals surface area contributed by atoms with Crippen LogP contribution in [0.2, 0.25) is 0 Å². The molecule has 2 atom stereocenters. The van der Waals surface area contributed by atoms with Crippen molar-refractivity contribution in [3.63, 3.8) is 0 Å². The zero-order valence-corrected chi connectivity index (χ0v) is 9.75. The summed E-state index contributed by atoms with van der Waals surface area (Å²) in [6, 6.07) is 9.48. The van der Waals surface area contributed by atoms with Gasteiger partial charge >= 0.3 is 11.9 Å². The van der Waals surface area contributed by atoms with Crippen molar-refractivity contribution >= 4 is 11.9 Å². The fraction of sp³-hybridized carbons (Fsp3) is 0.385. The molecule has 4 nitrogen and oxygen atoms in total. The second kappa shape index (κ2) is 4.57. The van der Waals surface area contributed by atoms with Gasteiger partial charge in [0.15, 0.2) is 0 Å². The van der Waals surface area contributed by atoms with E-state index in [1.54, 1.807) is 0 Å². The van der Waals surface area contributed by atoms with Gasteiger partial charge in [-0.25, -0.2) is 0 Å². The molecule has 4 heteroatoms. The lowest BCUT2D eigenvalue weighted by molar-refractivity contribution is -0.148. The van der Waals surface area contributed by atoms with Gasteiger partial charge in [-0.3, -0.25) is 9.59 Å². The first-order valence-electron chi connectivity index (χ1n) is 5.41. The summed E-state index contributed by atoms with van der Waals surface area (Å²) in [5.41, 5.74) is 0.971. The summed E-state index contributed by atoms with van der Waals surface area (Å²) >= 11 is 0. The Hall–Kier alpha value is -1.84. The van der Waals surface area contributed by atoms with Crippen molar-refractivity contribution in [3.8, 4) is 0 Å². The zero-order chi connectivity index (χ0) is 12.4. The maximum Gasteiger partial charge on any atom is 0.310 e. The number of esters is 2. The summed E-state index contributed by atoms with van der Waals surface area (Å²) in [5, 5.41) is 0. The van der Waals surface area contributed by atoms with Crippen LogP contribution in [0, 0.1) is 11.8 Å². The minimum Gasteiger partial charge on any atom is -0.469 e. The maximum atomic E-state index is 11.6. The van der Waals surface area contributed by atoms with E-state index in [4.69, 9.17) is 9.47 Å². The molecule has 0 heterocycles. The molecule has 0 aromatic heterocycles.